The van der Waals surface area contributed by atoms with Gasteiger partial charge in [0.15, 0.2) is 0 Å². The molecule has 0 aromatic carbocycles. The predicted molar refractivity (Wildman–Crippen MR) is 97.8 cm³/mol. The summed E-state index contributed by atoms with van der Waals surface area (Å²) in [5.41, 5.74) is 0.464. The number of rotatable bonds is 5. The molecule has 0 unspecified atom stereocenters. The number of carbonyl (C=O) groups excluding carboxylic acids is 1. The maximum Gasteiger partial charge on any atom is 0.316 e. The summed E-state index contributed by atoms with van der Waals surface area (Å²) in [6.45, 7) is 1.35. The highest BCUT2D eigenvalue weighted by molar-refractivity contribution is 7.94. The zero-order valence-corrected chi connectivity index (χ0v) is 15.7. The quantitative estimate of drug-likeness (QED) is 0.691. The van der Waals surface area contributed by atoms with Crippen molar-refractivity contribution in [3.8, 4) is 11.4 Å². The highest BCUT2D eigenvalue weighted by Gasteiger charge is 2.26. The summed E-state index contributed by atoms with van der Waals surface area (Å²) in [6, 6.07) is 6.37. The second-order valence-corrected chi connectivity index (χ2v) is 8.72. The molecule has 1 N–H and O–H groups in total. The first-order valence-electron chi connectivity index (χ1n) is 8.19. The maximum absolute atomic E-state index is 12.5. The van der Waals surface area contributed by atoms with E-state index in [0.29, 0.717) is 18.7 Å². The summed E-state index contributed by atoms with van der Waals surface area (Å²) in [6.07, 6.45) is 3.42. The number of amides is 1. The third-order valence-electron chi connectivity index (χ3n) is 4.00. The lowest BCUT2D eigenvalue weighted by molar-refractivity contribution is 0.0743. The van der Waals surface area contributed by atoms with Gasteiger partial charge in [0.05, 0.1) is 0 Å². The number of thiophene rings is 1. The van der Waals surface area contributed by atoms with Gasteiger partial charge in [0.25, 0.3) is 10.0 Å². The Bertz CT molecular complexity index is 1060. The van der Waals surface area contributed by atoms with Crippen LogP contribution in [0.2, 0.25) is 0 Å². The van der Waals surface area contributed by atoms with E-state index in [1.54, 1.807) is 28.5 Å². The zero-order chi connectivity index (χ0) is 18.9. The zero-order valence-electron chi connectivity index (χ0n) is 14.0. The van der Waals surface area contributed by atoms with Gasteiger partial charge in [-0.15, -0.1) is 11.3 Å². The van der Waals surface area contributed by atoms with Gasteiger partial charge in [-0.3, -0.25) is 9.52 Å². The number of sulfonamides is 1. The number of nitrogens with one attached hydrogen (secondary N) is 1. The van der Waals surface area contributed by atoms with Gasteiger partial charge in [0.1, 0.15) is 10.0 Å². The highest BCUT2D eigenvalue weighted by atomic mass is 32.2. The molecular weight excluding hydrogens is 390 g/mol. The lowest BCUT2D eigenvalue weighted by Crippen LogP contribution is -2.27. The van der Waals surface area contributed by atoms with Crippen LogP contribution in [-0.4, -0.2) is 47.4 Å². The summed E-state index contributed by atoms with van der Waals surface area (Å²) in [5, 5.41) is 5.40. The Hall–Kier alpha value is -2.79. The van der Waals surface area contributed by atoms with Gasteiger partial charge in [-0.1, -0.05) is 11.2 Å². The van der Waals surface area contributed by atoms with Crippen molar-refractivity contribution in [2.24, 2.45) is 0 Å². The largest absolute Gasteiger partial charge is 0.334 e. The van der Waals surface area contributed by atoms with Crippen LogP contribution in [0.3, 0.4) is 0 Å². The minimum atomic E-state index is -3.78. The molecule has 0 spiro atoms. The van der Waals surface area contributed by atoms with Crippen LogP contribution in [0.1, 0.15) is 23.5 Å². The molecule has 0 bridgehead atoms. The first-order chi connectivity index (χ1) is 13.0. The van der Waals surface area contributed by atoms with Crippen molar-refractivity contribution in [1.82, 2.24) is 20.0 Å². The standard InChI is InChI=1S/C16H15N5O4S2/c22-16(21-7-3-4-8-21)15-18-14(19-25-15)11-9-13(26-10-11)27(23,24)20-12-5-1-2-6-17-12/h1-2,5-6,9-10H,3-4,7-8H2,(H,17,20). The predicted octanol–water partition coefficient (Wildman–Crippen LogP) is 2.23. The van der Waals surface area contributed by atoms with Crippen LogP contribution in [0, 0.1) is 0 Å². The average Bonchev–Trinajstić information content (AvgIpc) is 3.42. The van der Waals surface area contributed by atoms with Crippen molar-refractivity contribution in [3.05, 3.63) is 41.7 Å². The molecule has 4 heterocycles. The molecule has 3 aromatic heterocycles. The molecule has 9 nitrogen and oxygen atoms in total. The highest BCUT2D eigenvalue weighted by Crippen LogP contribution is 2.28. The van der Waals surface area contributed by atoms with Crippen LogP contribution in [0.5, 0.6) is 0 Å². The van der Waals surface area contributed by atoms with Gasteiger partial charge in [-0.2, -0.15) is 4.98 Å². The molecule has 1 aliphatic heterocycles. The number of anilines is 1. The van der Waals surface area contributed by atoms with Crippen molar-refractivity contribution >= 4 is 33.1 Å². The van der Waals surface area contributed by atoms with Crippen LogP contribution in [-0.2, 0) is 10.0 Å². The van der Waals surface area contributed by atoms with E-state index in [2.05, 4.69) is 19.8 Å². The van der Waals surface area contributed by atoms with Crippen molar-refractivity contribution in [2.75, 3.05) is 17.8 Å². The lowest BCUT2D eigenvalue weighted by atomic mass is 10.3. The van der Waals surface area contributed by atoms with E-state index in [1.165, 1.54) is 12.3 Å². The van der Waals surface area contributed by atoms with Gasteiger partial charge in [0, 0.05) is 30.2 Å². The molecule has 4 rings (SSSR count). The number of hydrogen-bond donors (Lipinski definition) is 1. The van der Waals surface area contributed by atoms with Gasteiger partial charge in [0.2, 0.25) is 5.82 Å². The van der Waals surface area contributed by atoms with Gasteiger partial charge >= 0.3 is 11.8 Å². The molecule has 1 saturated heterocycles. The molecule has 0 atom stereocenters. The van der Waals surface area contributed by atoms with Crippen LogP contribution in [0.25, 0.3) is 11.4 Å². The van der Waals surface area contributed by atoms with Gasteiger partial charge in [-0.25, -0.2) is 13.4 Å². The van der Waals surface area contributed by atoms with Crippen LogP contribution in [0.4, 0.5) is 5.82 Å². The molecule has 140 valence electrons. The summed E-state index contributed by atoms with van der Waals surface area (Å²) in [7, 11) is -3.78. The minimum absolute atomic E-state index is 0.0837. The van der Waals surface area contributed by atoms with Crippen LogP contribution < -0.4 is 4.72 Å². The lowest BCUT2D eigenvalue weighted by Gasteiger charge is -2.10. The summed E-state index contributed by atoms with van der Waals surface area (Å²) in [5.74, 6) is 0.0128. The van der Waals surface area contributed by atoms with E-state index < -0.39 is 10.0 Å². The Kier molecular flexibility index (Phi) is 4.62. The second-order valence-electron chi connectivity index (χ2n) is 5.90. The number of pyridine rings is 1. The van der Waals surface area contributed by atoms with Crippen LogP contribution >= 0.6 is 11.3 Å². The van der Waals surface area contributed by atoms with Crippen molar-refractivity contribution < 1.29 is 17.7 Å². The second kappa shape index (κ2) is 7.08. The average molecular weight is 405 g/mol. The number of hydrogen-bond acceptors (Lipinski definition) is 8. The van der Waals surface area contributed by atoms with E-state index in [0.717, 1.165) is 24.2 Å². The number of aromatic nitrogens is 3. The summed E-state index contributed by atoms with van der Waals surface area (Å²) < 4.78 is 32.5. The normalized spacial score (nSPS) is 14.4. The Balaban J connectivity index is 1.53. The fourth-order valence-electron chi connectivity index (χ4n) is 2.67. The molecule has 0 aliphatic carbocycles. The van der Waals surface area contributed by atoms with Crippen molar-refractivity contribution in [1.29, 1.82) is 0 Å². The first kappa shape index (κ1) is 17.6. The smallest absolute Gasteiger partial charge is 0.316 e. The molecule has 3 aromatic rings. The molecule has 1 amide bonds. The Morgan fingerprint density at radius 3 is 2.81 bits per heavy atom. The van der Waals surface area contributed by atoms with Gasteiger partial charge < -0.3 is 9.42 Å². The first-order valence-corrected chi connectivity index (χ1v) is 10.5. The third-order valence-corrected chi connectivity index (χ3v) is 6.80. The summed E-state index contributed by atoms with van der Waals surface area (Å²) in [4.78, 5) is 22.0. The molecule has 0 radical (unpaired) electrons. The number of likely N-dealkylation sites (tertiary alicyclic amines) is 1. The Morgan fingerprint density at radius 2 is 2.07 bits per heavy atom. The third kappa shape index (κ3) is 3.69. The molecule has 1 fully saturated rings. The van der Waals surface area contributed by atoms with E-state index in [9.17, 15) is 13.2 Å². The van der Waals surface area contributed by atoms with E-state index in [-0.39, 0.29) is 27.6 Å². The Morgan fingerprint density at radius 1 is 1.26 bits per heavy atom. The molecule has 11 heteroatoms. The monoisotopic (exact) mass is 405 g/mol. The molecule has 0 saturated carbocycles. The minimum Gasteiger partial charge on any atom is -0.334 e. The maximum atomic E-state index is 12.5. The van der Waals surface area contributed by atoms with Crippen molar-refractivity contribution in [3.63, 3.8) is 0 Å². The molecule has 27 heavy (non-hydrogen) atoms. The Labute approximate surface area is 159 Å². The SMILES string of the molecule is O=C(c1nc(-c2csc(S(=O)(=O)Nc3ccccn3)c2)no1)N1CCCC1. The number of carbonyl (C=O) groups is 1. The fourth-order valence-corrected chi connectivity index (χ4v) is 4.84. The molecule has 1 aliphatic rings. The van der Waals surface area contributed by atoms with E-state index in [4.69, 9.17) is 4.52 Å². The molecular formula is C16H15N5O4S2. The van der Waals surface area contributed by atoms with E-state index >= 15 is 0 Å². The van der Waals surface area contributed by atoms with Crippen LogP contribution in [0.15, 0.2) is 44.6 Å². The summed E-state index contributed by atoms with van der Waals surface area (Å²) >= 11 is 1.02. The topological polar surface area (TPSA) is 118 Å². The van der Waals surface area contributed by atoms with Gasteiger partial charge in [-0.05, 0) is 31.0 Å². The fraction of sp³-hybridized carbons (Fsp3) is 0.250. The number of nitrogens with zero attached hydrogens (tertiary/aromatic N) is 4. The van der Waals surface area contributed by atoms with E-state index in [1.807, 2.05) is 0 Å². The van der Waals surface area contributed by atoms with Crippen molar-refractivity contribution in [2.45, 2.75) is 17.1 Å².